The summed E-state index contributed by atoms with van der Waals surface area (Å²) < 4.78 is 0. The average molecular weight is 238 g/mol. The molecule has 0 radical (unpaired) electrons. The number of carboxylic acids is 1. The largest absolute Gasteiger partial charge is 0.481 e. The number of aliphatic carboxylic acids is 1. The highest BCUT2D eigenvalue weighted by molar-refractivity contribution is 5.90. The summed E-state index contributed by atoms with van der Waals surface area (Å²) in [4.78, 5) is 24.3. The molecule has 2 heterocycles. The zero-order valence-electron chi connectivity index (χ0n) is 9.43. The van der Waals surface area contributed by atoms with Crippen LogP contribution in [-0.4, -0.2) is 45.3 Å². The molecule has 1 unspecified atom stereocenters. The van der Waals surface area contributed by atoms with E-state index in [1.165, 1.54) is 11.1 Å². The lowest BCUT2D eigenvalue weighted by Crippen LogP contribution is -2.37. The van der Waals surface area contributed by atoms with Crippen molar-refractivity contribution >= 4 is 17.7 Å². The number of hydrogen-bond acceptors (Lipinski definition) is 3. The zero-order valence-corrected chi connectivity index (χ0v) is 9.43. The molecule has 1 aliphatic rings. The molecule has 2 rings (SSSR count). The summed E-state index contributed by atoms with van der Waals surface area (Å²) in [6, 6.07) is -0.295. The van der Waals surface area contributed by atoms with Crippen LogP contribution in [0, 0.1) is 5.41 Å². The maximum absolute atomic E-state index is 11.8. The van der Waals surface area contributed by atoms with Gasteiger partial charge >= 0.3 is 12.0 Å². The molecule has 0 bridgehead atoms. The van der Waals surface area contributed by atoms with E-state index in [-0.39, 0.29) is 12.6 Å². The lowest BCUT2D eigenvalue weighted by Gasteiger charge is -2.20. The van der Waals surface area contributed by atoms with E-state index in [2.05, 4.69) is 15.5 Å². The van der Waals surface area contributed by atoms with Crippen LogP contribution < -0.4 is 5.32 Å². The van der Waals surface area contributed by atoms with Gasteiger partial charge in [-0.2, -0.15) is 5.10 Å². The monoisotopic (exact) mass is 238 g/mol. The Labute approximate surface area is 97.8 Å². The lowest BCUT2D eigenvalue weighted by atomic mass is 9.90. The van der Waals surface area contributed by atoms with E-state index in [0.29, 0.717) is 18.7 Å². The maximum Gasteiger partial charge on any atom is 0.321 e. The second kappa shape index (κ2) is 4.08. The summed E-state index contributed by atoms with van der Waals surface area (Å²) >= 11 is 0. The van der Waals surface area contributed by atoms with E-state index in [4.69, 9.17) is 5.11 Å². The molecule has 1 aromatic rings. The molecule has 17 heavy (non-hydrogen) atoms. The van der Waals surface area contributed by atoms with Gasteiger partial charge in [-0.15, -0.1) is 0 Å². The normalized spacial score (nSPS) is 23.7. The Kier molecular flexibility index (Phi) is 2.74. The van der Waals surface area contributed by atoms with Gasteiger partial charge in [-0.3, -0.25) is 9.89 Å². The van der Waals surface area contributed by atoms with Crippen molar-refractivity contribution in [3.63, 3.8) is 0 Å². The first kappa shape index (κ1) is 11.4. The Morgan fingerprint density at radius 3 is 2.94 bits per heavy atom. The number of nitrogens with one attached hydrogen (secondary N) is 2. The Bertz CT molecular complexity index is 431. The van der Waals surface area contributed by atoms with Crippen molar-refractivity contribution in [2.75, 3.05) is 18.4 Å². The third kappa shape index (κ3) is 2.22. The van der Waals surface area contributed by atoms with Crippen molar-refractivity contribution in [3.05, 3.63) is 12.4 Å². The molecule has 7 nitrogen and oxygen atoms in total. The molecule has 0 aromatic carbocycles. The summed E-state index contributed by atoms with van der Waals surface area (Å²) in [6.07, 6.45) is 3.52. The number of H-pyrrole nitrogens is 1. The van der Waals surface area contributed by atoms with E-state index in [1.807, 2.05) is 0 Å². The number of carboxylic acid groups (broad SMARTS) is 1. The van der Waals surface area contributed by atoms with Crippen molar-refractivity contribution in [1.29, 1.82) is 0 Å². The SMILES string of the molecule is CC1(C(=O)O)CCN(C(=O)Nc2cn[nH]c2)C1. The quantitative estimate of drug-likeness (QED) is 0.707. The number of aromatic amines is 1. The van der Waals surface area contributed by atoms with Gasteiger partial charge in [0.2, 0.25) is 0 Å². The topological polar surface area (TPSA) is 98.3 Å². The molecule has 1 fully saturated rings. The third-order valence-electron chi connectivity index (χ3n) is 3.03. The molecule has 0 saturated carbocycles. The summed E-state index contributed by atoms with van der Waals surface area (Å²) in [5.41, 5.74) is -0.271. The summed E-state index contributed by atoms with van der Waals surface area (Å²) in [5, 5.41) is 18.0. The van der Waals surface area contributed by atoms with Crippen molar-refractivity contribution in [2.45, 2.75) is 13.3 Å². The van der Waals surface area contributed by atoms with Gasteiger partial charge in [0, 0.05) is 19.3 Å². The first-order chi connectivity index (χ1) is 8.01. The number of carbonyl (C=O) groups excluding carboxylic acids is 1. The third-order valence-corrected chi connectivity index (χ3v) is 3.03. The Morgan fingerprint density at radius 2 is 2.41 bits per heavy atom. The molecule has 1 atom stereocenters. The first-order valence-corrected chi connectivity index (χ1v) is 5.29. The number of carbonyl (C=O) groups is 2. The number of hydrogen-bond donors (Lipinski definition) is 3. The minimum Gasteiger partial charge on any atom is -0.481 e. The fraction of sp³-hybridized carbons (Fsp3) is 0.500. The van der Waals surface area contributed by atoms with Crippen LogP contribution in [-0.2, 0) is 4.79 Å². The number of nitrogens with zero attached hydrogens (tertiary/aromatic N) is 2. The smallest absolute Gasteiger partial charge is 0.321 e. The standard InChI is InChI=1S/C10H14N4O3/c1-10(8(15)16)2-3-14(6-10)9(17)13-7-4-11-12-5-7/h4-5H,2-3,6H2,1H3,(H,11,12)(H,13,17)(H,15,16). The Morgan fingerprint density at radius 1 is 1.65 bits per heavy atom. The molecular formula is C10H14N4O3. The molecule has 92 valence electrons. The Hall–Kier alpha value is -2.05. The number of anilines is 1. The van der Waals surface area contributed by atoms with Crippen molar-refractivity contribution in [2.24, 2.45) is 5.41 Å². The molecule has 0 aliphatic carbocycles. The van der Waals surface area contributed by atoms with Crippen molar-refractivity contribution < 1.29 is 14.7 Å². The number of urea groups is 1. The van der Waals surface area contributed by atoms with Gasteiger partial charge in [-0.1, -0.05) is 0 Å². The van der Waals surface area contributed by atoms with Crippen LogP contribution in [0.2, 0.25) is 0 Å². The average Bonchev–Trinajstić information content (AvgIpc) is 2.88. The molecule has 1 saturated heterocycles. The molecule has 1 aliphatic heterocycles. The Balaban J connectivity index is 1.97. The molecule has 2 amide bonds. The van der Waals surface area contributed by atoms with Gasteiger partial charge < -0.3 is 15.3 Å². The van der Waals surface area contributed by atoms with Crippen LogP contribution in [0.4, 0.5) is 10.5 Å². The molecular weight excluding hydrogens is 224 g/mol. The van der Waals surface area contributed by atoms with Crippen LogP contribution >= 0.6 is 0 Å². The second-order valence-corrected chi connectivity index (χ2v) is 4.45. The molecule has 0 spiro atoms. The molecule has 7 heteroatoms. The fourth-order valence-corrected chi connectivity index (χ4v) is 1.83. The van der Waals surface area contributed by atoms with Crippen molar-refractivity contribution in [3.8, 4) is 0 Å². The number of likely N-dealkylation sites (tertiary alicyclic amines) is 1. The predicted molar refractivity (Wildman–Crippen MR) is 59.5 cm³/mol. The number of rotatable bonds is 2. The van der Waals surface area contributed by atoms with Crippen LogP contribution in [0.15, 0.2) is 12.4 Å². The minimum absolute atomic E-state index is 0.228. The van der Waals surface area contributed by atoms with Crippen LogP contribution in [0.3, 0.4) is 0 Å². The zero-order chi connectivity index (χ0) is 12.5. The van der Waals surface area contributed by atoms with Gasteiger partial charge in [-0.25, -0.2) is 4.79 Å². The van der Waals surface area contributed by atoms with Gasteiger partial charge in [0.05, 0.1) is 17.3 Å². The van der Waals surface area contributed by atoms with E-state index >= 15 is 0 Å². The lowest BCUT2D eigenvalue weighted by molar-refractivity contribution is -0.146. The van der Waals surface area contributed by atoms with Crippen molar-refractivity contribution in [1.82, 2.24) is 15.1 Å². The van der Waals surface area contributed by atoms with E-state index in [1.54, 1.807) is 13.1 Å². The van der Waals surface area contributed by atoms with Gasteiger partial charge in [0.25, 0.3) is 0 Å². The minimum atomic E-state index is -0.865. The highest BCUT2D eigenvalue weighted by atomic mass is 16.4. The van der Waals surface area contributed by atoms with E-state index < -0.39 is 11.4 Å². The number of amides is 2. The number of aromatic nitrogens is 2. The van der Waals surface area contributed by atoms with Gasteiger partial charge in [-0.05, 0) is 13.3 Å². The summed E-state index contributed by atoms with van der Waals surface area (Å²) in [5.74, 6) is -0.865. The summed E-state index contributed by atoms with van der Waals surface area (Å²) in [6.45, 7) is 2.33. The highest BCUT2D eigenvalue weighted by Gasteiger charge is 2.42. The maximum atomic E-state index is 11.8. The van der Waals surface area contributed by atoms with Crippen LogP contribution in [0.5, 0.6) is 0 Å². The van der Waals surface area contributed by atoms with Crippen LogP contribution in [0.1, 0.15) is 13.3 Å². The molecule has 1 aromatic heterocycles. The van der Waals surface area contributed by atoms with E-state index in [9.17, 15) is 9.59 Å². The first-order valence-electron chi connectivity index (χ1n) is 5.29. The van der Waals surface area contributed by atoms with Gasteiger partial charge in [0.15, 0.2) is 0 Å². The van der Waals surface area contributed by atoms with E-state index in [0.717, 1.165) is 0 Å². The fourth-order valence-electron chi connectivity index (χ4n) is 1.83. The second-order valence-electron chi connectivity index (χ2n) is 4.45. The summed E-state index contributed by atoms with van der Waals surface area (Å²) in [7, 11) is 0. The van der Waals surface area contributed by atoms with Crippen LogP contribution in [0.25, 0.3) is 0 Å². The van der Waals surface area contributed by atoms with Gasteiger partial charge in [0.1, 0.15) is 0 Å². The highest BCUT2D eigenvalue weighted by Crippen LogP contribution is 2.30. The predicted octanol–water partition coefficient (Wildman–Crippen LogP) is 0.738. The molecule has 3 N–H and O–H groups in total.